The number of nitrogens with zero attached hydrogens (tertiary/aromatic N) is 1. The molecule has 0 unspecified atom stereocenters. The minimum atomic E-state index is -3.56. The van der Waals surface area contributed by atoms with Gasteiger partial charge in [0.05, 0.1) is 24.0 Å². The first-order valence-corrected chi connectivity index (χ1v) is 12.8. The molecule has 0 saturated heterocycles. The van der Waals surface area contributed by atoms with E-state index in [0.29, 0.717) is 17.9 Å². The van der Waals surface area contributed by atoms with E-state index in [4.69, 9.17) is 9.47 Å². The van der Waals surface area contributed by atoms with Crippen molar-refractivity contribution in [2.75, 3.05) is 16.6 Å². The number of para-hydroxylation sites is 3. The van der Waals surface area contributed by atoms with Gasteiger partial charge in [-0.3, -0.25) is 9.10 Å². The highest BCUT2D eigenvalue weighted by Gasteiger charge is 2.41. The number of carbonyl (C=O) groups excluding carboxylic acids is 1. The number of benzene rings is 2. The number of carbonyl (C=O) groups is 1. The van der Waals surface area contributed by atoms with E-state index < -0.39 is 16.1 Å². The Hall–Kier alpha value is -2.74. The lowest BCUT2D eigenvalue weighted by Gasteiger charge is -2.42. The molecule has 1 amide bonds. The third-order valence-electron chi connectivity index (χ3n) is 6.53. The molecule has 2 aromatic carbocycles. The smallest absolute Gasteiger partial charge is 0.263 e. The van der Waals surface area contributed by atoms with E-state index in [1.165, 1.54) is 4.31 Å². The minimum absolute atomic E-state index is 0.0570. The van der Waals surface area contributed by atoms with Crippen LogP contribution >= 0.6 is 0 Å². The molecule has 0 spiro atoms. The number of ether oxygens (including phenoxy) is 2. The third-order valence-corrected chi connectivity index (χ3v) is 8.28. The summed E-state index contributed by atoms with van der Waals surface area (Å²) in [7, 11) is -3.56. The minimum Gasteiger partial charge on any atom is -0.487 e. The molecule has 0 saturated carbocycles. The van der Waals surface area contributed by atoms with Gasteiger partial charge in [-0.1, -0.05) is 44.2 Å². The molecule has 0 radical (unpaired) electrons. The molecule has 0 aromatic heterocycles. The highest BCUT2D eigenvalue weighted by Crippen LogP contribution is 2.43. The normalized spacial score (nSPS) is 21.5. The van der Waals surface area contributed by atoms with Crippen molar-refractivity contribution in [3.05, 3.63) is 54.1 Å². The molecule has 7 nitrogen and oxygen atoms in total. The lowest BCUT2D eigenvalue weighted by atomic mass is 9.83. The van der Waals surface area contributed by atoms with Gasteiger partial charge >= 0.3 is 0 Å². The van der Waals surface area contributed by atoms with Crippen molar-refractivity contribution in [1.82, 2.24) is 5.32 Å². The standard InChI is InChI=1S/C24H30N2O5S/c1-4-24(5-2)15-18(17-11-7-9-13-20(17)31-24)25-23(27)22-16-26(32(28,29)6-3)19-12-8-10-14-21(19)30-22/h7-14,18,22H,4-6,15-16H2,1-3H3,(H,25,27)/t18-,22+/m1/s1. The number of nitrogens with one attached hydrogen (secondary N) is 1. The third kappa shape index (κ3) is 4.03. The molecule has 0 fully saturated rings. The van der Waals surface area contributed by atoms with Crippen LogP contribution in [0.15, 0.2) is 48.5 Å². The van der Waals surface area contributed by atoms with Crippen molar-refractivity contribution >= 4 is 21.6 Å². The Kier molecular flexibility index (Phi) is 6.07. The molecule has 2 heterocycles. The monoisotopic (exact) mass is 458 g/mol. The van der Waals surface area contributed by atoms with Crippen LogP contribution in [0.2, 0.25) is 0 Å². The van der Waals surface area contributed by atoms with Crippen molar-refractivity contribution < 1.29 is 22.7 Å². The van der Waals surface area contributed by atoms with Crippen LogP contribution in [0.4, 0.5) is 5.69 Å². The summed E-state index contributed by atoms with van der Waals surface area (Å²) in [5.74, 6) is 0.773. The summed E-state index contributed by atoms with van der Waals surface area (Å²) in [4.78, 5) is 13.3. The summed E-state index contributed by atoms with van der Waals surface area (Å²) in [6.07, 6.45) is 1.34. The summed E-state index contributed by atoms with van der Waals surface area (Å²) < 4.78 is 39.0. The molecule has 2 aliphatic heterocycles. The van der Waals surface area contributed by atoms with Crippen molar-refractivity contribution in [3.63, 3.8) is 0 Å². The molecule has 2 aliphatic rings. The van der Waals surface area contributed by atoms with Crippen molar-refractivity contribution in [1.29, 1.82) is 0 Å². The largest absolute Gasteiger partial charge is 0.487 e. The topological polar surface area (TPSA) is 84.9 Å². The second-order valence-corrected chi connectivity index (χ2v) is 10.5. The van der Waals surface area contributed by atoms with Crippen molar-refractivity contribution in [2.24, 2.45) is 0 Å². The molecule has 0 bridgehead atoms. The van der Waals surface area contributed by atoms with Gasteiger partial charge in [0.1, 0.15) is 17.1 Å². The molecule has 1 N–H and O–H groups in total. The number of hydrogen-bond acceptors (Lipinski definition) is 5. The lowest BCUT2D eigenvalue weighted by molar-refractivity contribution is -0.129. The maximum atomic E-state index is 13.3. The molecule has 0 aliphatic carbocycles. The van der Waals surface area contributed by atoms with Crippen LogP contribution in [-0.2, 0) is 14.8 Å². The Morgan fingerprint density at radius 3 is 2.41 bits per heavy atom. The van der Waals surface area contributed by atoms with E-state index in [1.807, 2.05) is 24.3 Å². The SMILES string of the molecule is CCC1(CC)C[C@@H](NC(=O)[C@@H]2CN(S(=O)(=O)CC)c3ccccc3O2)c2ccccc2O1. The molecule has 8 heteroatoms. The van der Waals surface area contributed by atoms with Crippen LogP contribution in [0.5, 0.6) is 11.5 Å². The first kappa shape index (κ1) is 22.5. The number of fused-ring (bicyclic) bond motifs is 2. The molecular formula is C24H30N2O5S. The predicted molar refractivity (Wildman–Crippen MR) is 124 cm³/mol. The quantitative estimate of drug-likeness (QED) is 0.712. The van der Waals surface area contributed by atoms with Crippen LogP contribution in [0.1, 0.15) is 51.6 Å². The van der Waals surface area contributed by atoms with Gasteiger partial charge in [-0.05, 0) is 38.0 Å². The number of rotatable bonds is 6. The second kappa shape index (κ2) is 8.65. The predicted octanol–water partition coefficient (Wildman–Crippen LogP) is 3.80. The highest BCUT2D eigenvalue weighted by molar-refractivity contribution is 7.92. The maximum Gasteiger partial charge on any atom is 0.263 e. The summed E-state index contributed by atoms with van der Waals surface area (Å²) in [6.45, 7) is 5.71. The zero-order valence-electron chi connectivity index (χ0n) is 18.7. The number of hydrogen-bond donors (Lipinski definition) is 1. The molecule has 172 valence electrons. The molecule has 4 rings (SSSR count). The van der Waals surface area contributed by atoms with Crippen LogP contribution < -0.4 is 19.1 Å². The average molecular weight is 459 g/mol. The number of amides is 1. The molecule has 2 atom stereocenters. The van der Waals surface area contributed by atoms with Crippen molar-refractivity contribution in [2.45, 2.75) is 57.8 Å². The number of anilines is 1. The van der Waals surface area contributed by atoms with Gasteiger partial charge in [0, 0.05) is 12.0 Å². The van der Waals surface area contributed by atoms with Crippen molar-refractivity contribution in [3.8, 4) is 11.5 Å². The Labute approximate surface area is 189 Å². The Morgan fingerprint density at radius 1 is 1.06 bits per heavy atom. The molecule has 32 heavy (non-hydrogen) atoms. The summed E-state index contributed by atoms with van der Waals surface area (Å²) >= 11 is 0. The van der Waals surface area contributed by atoms with E-state index >= 15 is 0 Å². The first-order chi connectivity index (χ1) is 15.3. The van der Waals surface area contributed by atoms with Gasteiger partial charge in [0.15, 0.2) is 6.10 Å². The lowest BCUT2D eigenvalue weighted by Crippen LogP contribution is -2.53. The Morgan fingerprint density at radius 2 is 1.72 bits per heavy atom. The second-order valence-electron chi connectivity index (χ2n) is 8.30. The van der Waals surface area contributed by atoms with E-state index in [9.17, 15) is 13.2 Å². The van der Waals surface area contributed by atoms with Gasteiger partial charge in [-0.15, -0.1) is 0 Å². The Bertz CT molecular complexity index is 1100. The van der Waals surface area contributed by atoms with Gasteiger partial charge in [0.2, 0.25) is 10.0 Å². The highest BCUT2D eigenvalue weighted by atomic mass is 32.2. The number of sulfonamides is 1. The summed E-state index contributed by atoms with van der Waals surface area (Å²) in [5, 5.41) is 3.12. The van der Waals surface area contributed by atoms with Gasteiger partial charge in [-0.2, -0.15) is 0 Å². The van der Waals surface area contributed by atoms with E-state index in [-0.39, 0.29) is 29.8 Å². The van der Waals surface area contributed by atoms with Gasteiger partial charge in [-0.25, -0.2) is 8.42 Å². The van der Waals surface area contributed by atoms with Crippen LogP contribution in [0.25, 0.3) is 0 Å². The fraction of sp³-hybridized carbons (Fsp3) is 0.458. The molecular weight excluding hydrogens is 428 g/mol. The zero-order chi connectivity index (χ0) is 22.9. The fourth-order valence-electron chi connectivity index (χ4n) is 4.45. The summed E-state index contributed by atoms with van der Waals surface area (Å²) in [5.41, 5.74) is 1.03. The van der Waals surface area contributed by atoms with Gasteiger partial charge < -0.3 is 14.8 Å². The van der Waals surface area contributed by atoms with Crippen LogP contribution in [0, 0.1) is 0 Å². The van der Waals surface area contributed by atoms with Gasteiger partial charge in [0.25, 0.3) is 5.91 Å². The first-order valence-electron chi connectivity index (χ1n) is 11.2. The van der Waals surface area contributed by atoms with E-state index in [0.717, 1.165) is 24.2 Å². The van der Waals surface area contributed by atoms with Crippen LogP contribution in [0.3, 0.4) is 0 Å². The van der Waals surface area contributed by atoms with Crippen LogP contribution in [-0.4, -0.2) is 38.3 Å². The fourth-order valence-corrected chi connectivity index (χ4v) is 5.58. The summed E-state index contributed by atoms with van der Waals surface area (Å²) in [6, 6.07) is 14.4. The maximum absolute atomic E-state index is 13.3. The average Bonchev–Trinajstić information content (AvgIpc) is 2.83. The Balaban J connectivity index is 1.61. The molecule has 2 aromatic rings. The zero-order valence-corrected chi connectivity index (χ0v) is 19.5. The van der Waals surface area contributed by atoms with E-state index in [2.05, 4.69) is 19.2 Å². The van der Waals surface area contributed by atoms with E-state index in [1.54, 1.807) is 31.2 Å².